The van der Waals surface area contributed by atoms with Gasteiger partial charge in [0, 0.05) is 17.8 Å². The number of carbonyl (C=O) groups is 3. The van der Waals surface area contributed by atoms with Gasteiger partial charge in [-0.15, -0.1) is 0 Å². The molecule has 0 amide bonds. The molecular weight excluding hydrogens is 250 g/mol. The maximum atomic E-state index is 10.9. The highest BCUT2D eigenvalue weighted by Crippen LogP contribution is 2.40. The van der Waals surface area contributed by atoms with Crippen LogP contribution in [-0.4, -0.2) is 15.7 Å². The van der Waals surface area contributed by atoms with Gasteiger partial charge in [-0.3, -0.25) is 14.4 Å². The maximum Gasteiger partial charge on any atom is 0.225 e. The van der Waals surface area contributed by atoms with Crippen molar-refractivity contribution in [3.05, 3.63) is 0 Å². The molecule has 14 heavy (non-hydrogen) atoms. The van der Waals surface area contributed by atoms with Gasteiger partial charge in [-0.05, 0) is 47.6 Å². The minimum absolute atomic E-state index is 0.216. The van der Waals surface area contributed by atoms with Crippen LogP contribution >= 0.6 is 34.8 Å². The molecule has 0 N–H and O–H groups in total. The summed E-state index contributed by atoms with van der Waals surface area (Å²) in [5.74, 6) is -1.83. The lowest BCUT2D eigenvalue weighted by Crippen LogP contribution is -2.19. The highest BCUT2D eigenvalue weighted by molar-refractivity contribution is 6.67. The van der Waals surface area contributed by atoms with Gasteiger partial charge in [-0.1, -0.05) is 0 Å². The number of hydrogen-bond acceptors (Lipinski definition) is 3. The lowest BCUT2D eigenvalue weighted by Gasteiger charge is -2.09. The first kappa shape index (κ1) is 12.0. The van der Waals surface area contributed by atoms with E-state index in [4.69, 9.17) is 34.8 Å². The van der Waals surface area contributed by atoms with E-state index in [0.29, 0.717) is 0 Å². The first-order valence-electron chi connectivity index (χ1n) is 4.01. The van der Waals surface area contributed by atoms with Crippen LogP contribution in [0, 0.1) is 17.8 Å². The van der Waals surface area contributed by atoms with Crippen LogP contribution in [0.4, 0.5) is 0 Å². The Morgan fingerprint density at radius 2 is 1.14 bits per heavy atom. The Kier molecular flexibility index (Phi) is 3.93. The normalized spacial score (nSPS) is 31.5. The van der Waals surface area contributed by atoms with E-state index in [2.05, 4.69) is 0 Å². The quantitative estimate of drug-likeness (QED) is 0.726. The van der Waals surface area contributed by atoms with E-state index in [1.165, 1.54) is 0 Å². The van der Waals surface area contributed by atoms with Crippen LogP contribution in [0.15, 0.2) is 0 Å². The molecule has 0 radical (unpaired) electrons. The summed E-state index contributed by atoms with van der Waals surface area (Å²) in [7, 11) is 0. The zero-order valence-electron chi connectivity index (χ0n) is 7.00. The summed E-state index contributed by atoms with van der Waals surface area (Å²) in [6, 6.07) is 0. The van der Waals surface area contributed by atoms with Gasteiger partial charge < -0.3 is 0 Å². The first-order chi connectivity index (χ1) is 6.43. The second-order valence-electron chi connectivity index (χ2n) is 3.29. The molecule has 2 unspecified atom stereocenters. The third-order valence-corrected chi connectivity index (χ3v) is 3.34. The molecule has 1 rings (SSSR count). The molecule has 0 heterocycles. The summed E-state index contributed by atoms with van der Waals surface area (Å²) in [6.07, 6.45) is 0.432. The Hall–Kier alpha value is -0.120. The molecule has 1 saturated carbocycles. The molecule has 1 aliphatic carbocycles. The largest absolute Gasteiger partial charge is 0.281 e. The van der Waals surface area contributed by atoms with Crippen LogP contribution in [0.1, 0.15) is 12.8 Å². The van der Waals surface area contributed by atoms with Crippen LogP contribution in [0.5, 0.6) is 0 Å². The van der Waals surface area contributed by atoms with Crippen molar-refractivity contribution in [2.45, 2.75) is 12.8 Å². The number of halogens is 3. The molecule has 1 aliphatic rings. The van der Waals surface area contributed by atoms with E-state index >= 15 is 0 Å². The predicted octanol–water partition coefficient (Wildman–Crippen LogP) is 1.93. The Labute approximate surface area is 95.7 Å². The fraction of sp³-hybridized carbons (Fsp3) is 0.625. The topological polar surface area (TPSA) is 51.2 Å². The summed E-state index contributed by atoms with van der Waals surface area (Å²) < 4.78 is 0. The van der Waals surface area contributed by atoms with E-state index in [-0.39, 0.29) is 12.8 Å². The van der Waals surface area contributed by atoms with Gasteiger partial charge >= 0.3 is 0 Å². The summed E-state index contributed by atoms with van der Waals surface area (Å²) >= 11 is 15.9. The maximum absolute atomic E-state index is 10.9. The van der Waals surface area contributed by atoms with Gasteiger partial charge in [0.15, 0.2) is 0 Å². The molecule has 2 atom stereocenters. The van der Waals surface area contributed by atoms with E-state index in [9.17, 15) is 14.4 Å². The minimum atomic E-state index is -0.672. The molecule has 0 aliphatic heterocycles. The molecule has 0 aromatic carbocycles. The van der Waals surface area contributed by atoms with E-state index < -0.39 is 33.5 Å². The van der Waals surface area contributed by atoms with E-state index in [0.717, 1.165) is 0 Å². The Bertz CT molecular complexity index is 268. The fourth-order valence-corrected chi connectivity index (χ4v) is 2.39. The molecule has 1 fully saturated rings. The summed E-state index contributed by atoms with van der Waals surface area (Å²) in [5.41, 5.74) is 0. The SMILES string of the molecule is O=C(Cl)C1CC(C(=O)Cl)C(C(=O)Cl)C1. The average molecular weight is 258 g/mol. The van der Waals surface area contributed by atoms with Crippen molar-refractivity contribution in [2.24, 2.45) is 17.8 Å². The zero-order chi connectivity index (χ0) is 10.9. The smallest absolute Gasteiger partial charge is 0.225 e. The number of carbonyl (C=O) groups excluding carboxylic acids is 3. The fourth-order valence-electron chi connectivity index (χ4n) is 1.72. The third kappa shape index (κ3) is 2.47. The molecule has 78 valence electrons. The standard InChI is InChI=1S/C8H7Cl3O3/c9-6(12)3-1-4(7(10)13)5(2-3)8(11)14/h3-5H,1-2H2. The van der Waals surface area contributed by atoms with Crippen LogP contribution in [-0.2, 0) is 14.4 Å². The highest BCUT2D eigenvalue weighted by atomic mass is 35.5. The molecule has 0 aromatic heterocycles. The zero-order valence-corrected chi connectivity index (χ0v) is 9.27. The van der Waals surface area contributed by atoms with Gasteiger partial charge in [0.2, 0.25) is 15.7 Å². The van der Waals surface area contributed by atoms with Crippen LogP contribution in [0.2, 0.25) is 0 Å². The van der Waals surface area contributed by atoms with Gasteiger partial charge in [0.1, 0.15) is 0 Å². The number of hydrogen-bond donors (Lipinski definition) is 0. The minimum Gasteiger partial charge on any atom is -0.281 e. The summed E-state index contributed by atoms with van der Waals surface area (Å²) in [5, 5.41) is -1.82. The van der Waals surface area contributed by atoms with E-state index in [1.807, 2.05) is 0 Å². The lowest BCUT2D eigenvalue weighted by molar-refractivity contribution is -0.122. The molecule has 6 heteroatoms. The van der Waals surface area contributed by atoms with Crippen LogP contribution in [0.25, 0.3) is 0 Å². The van der Waals surface area contributed by atoms with Gasteiger partial charge in [0.05, 0.1) is 0 Å². The Balaban J connectivity index is 2.80. The monoisotopic (exact) mass is 256 g/mol. The molecule has 0 saturated heterocycles. The van der Waals surface area contributed by atoms with Gasteiger partial charge in [-0.25, -0.2) is 0 Å². The van der Waals surface area contributed by atoms with E-state index in [1.54, 1.807) is 0 Å². The highest BCUT2D eigenvalue weighted by Gasteiger charge is 2.43. The Morgan fingerprint density at radius 3 is 1.36 bits per heavy atom. The summed E-state index contributed by atoms with van der Waals surface area (Å²) in [4.78, 5) is 32.7. The van der Waals surface area contributed by atoms with Gasteiger partial charge in [-0.2, -0.15) is 0 Å². The van der Waals surface area contributed by atoms with Crippen LogP contribution < -0.4 is 0 Å². The molecule has 3 nitrogen and oxygen atoms in total. The van der Waals surface area contributed by atoms with Crippen molar-refractivity contribution < 1.29 is 14.4 Å². The number of rotatable bonds is 3. The van der Waals surface area contributed by atoms with Crippen molar-refractivity contribution >= 4 is 50.5 Å². The van der Waals surface area contributed by atoms with Crippen molar-refractivity contribution in [1.29, 1.82) is 0 Å². The van der Waals surface area contributed by atoms with Crippen molar-refractivity contribution in [3.8, 4) is 0 Å². The first-order valence-corrected chi connectivity index (χ1v) is 5.15. The second-order valence-corrected chi connectivity index (χ2v) is 4.41. The Morgan fingerprint density at radius 1 is 0.786 bits per heavy atom. The van der Waals surface area contributed by atoms with Crippen molar-refractivity contribution in [3.63, 3.8) is 0 Å². The predicted molar refractivity (Wildman–Crippen MR) is 52.3 cm³/mol. The van der Waals surface area contributed by atoms with Gasteiger partial charge in [0.25, 0.3) is 0 Å². The lowest BCUT2D eigenvalue weighted by atomic mass is 9.99. The summed E-state index contributed by atoms with van der Waals surface area (Å²) in [6.45, 7) is 0. The van der Waals surface area contributed by atoms with Crippen molar-refractivity contribution in [1.82, 2.24) is 0 Å². The van der Waals surface area contributed by atoms with Crippen molar-refractivity contribution in [2.75, 3.05) is 0 Å². The average Bonchev–Trinajstić information content (AvgIpc) is 2.47. The molecule has 0 spiro atoms. The molecular formula is C8H7Cl3O3. The third-order valence-electron chi connectivity index (χ3n) is 2.47. The van der Waals surface area contributed by atoms with Crippen LogP contribution in [0.3, 0.4) is 0 Å². The molecule has 0 bridgehead atoms. The second kappa shape index (κ2) is 4.60. The molecule has 0 aromatic rings.